The predicted octanol–water partition coefficient (Wildman–Crippen LogP) is 5.53. The van der Waals surface area contributed by atoms with Gasteiger partial charge in [0.2, 0.25) is 0 Å². The van der Waals surface area contributed by atoms with Gasteiger partial charge in [-0.15, -0.1) is 0 Å². The zero-order valence-corrected chi connectivity index (χ0v) is 13.4. The summed E-state index contributed by atoms with van der Waals surface area (Å²) in [7, 11) is 0. The summed E-state index contributed by atoms with van der Waals surface area (Å²) in [6, 6.07) is 4.40. The summed E-state index contributed by atoms with van der Waals surface area (Å²) in [5.41, 5.74) is 3.74. The Hall–Kier alpha value is -1.31. The van der Waals surface area contributed by atoms with Crippen LogP contribution < -0.4 is 0 Å². The number of hydrogen-bond donors (Lipinski definition) is 0. The largest absolute Gasteiger partial charge is 0.307 e. The van der Waals surface area contributed by atoms with Gasteiger partial charge in [0, 0.05) is 12.4 Å². The van der Waals surface area contributed by atoms with Gasteiger partial charge in [-0.2, -0.15) is 0 Å². The number of fused-ring (bicyclic) bond motifs is 1. The molecule has 20 heavy (non-hydrogen) atoms. The van der Waals surface area contributed by atoms with Gasteiger partial charge in [-0.3, -0.25) is 0 Å². The number of aromatic nitrogens is 2. The van der Waals surface area contributed by atoms with E-state index >= 15 is 0 Å². The number of rotatable bonds is 7. The summed E-state index contributed by atoms with van der Waals surface area (Å²) in [5, 5.41) is 0. The fourth-order valence-corrected chi connectivity index (χ4v) is 2.82. The van der Waals surface area contributed by atoms with Crippen molar-refractivity contribution < 1.29 is 0 Å². The van der Waals surface area contributed by atoms with Crippen LogP contribution in [0, 0.1) is 0 Å². The Bertz CT molecular complexity index is 541. The Balaban J connectivity index is 2.21. The Kier molecular flexibility index (Phi) is 5.22. The molecule has 2 rings (SSSR count). The molecule has 0 N–H and O–H groups in total. The summed E-state index contributed by atoms with van der Waals surface area (Å²) < 4.78 is 2.21. The van der Waals surface area contributed by atoms with Crippen LogP contribution in [0.4, 0.5) is 0 Å². The molecular formula is C18H28N2. The van der Waals surface area contributed by atoms with E-state index in [1.807, 2.05) is 0 Å². The van der Waals surface area contributed by atoms with Gasteiger partial charge >= 0.3 is 0 Å². The van der Waals surface area contributed by atoms with Crippen LogP contribution in [0.2, 0.25) is 0 Å². The molecule has 2 unspecified atom stereocenters. The smallest absolute Gasteiger partial charge is 0.136 e. The van der Waals surface area contributed by atoms with E-state index in [9.17, 15) is 0 Å². The molecule has 0 saturated carbocycles. The molecule has 0 fully saturated rings. The van der Waals surface area contributed by atoms with Crippen molar-refractivity contribution in [3.05, 3.63) is 35.8 Å². The Morgan fingerprint density at radius 2 is 1.80 bits per heavy atom. The fraction of sp³-hybridized carbons (Fsp3) is 0.611. The second kappa shape index (κ2) is 6.92. The van der Waals surface area contributed by atoms with E-state index in [2.05, 4.69) is 56.6 Å². The number of pyridine rings is 1. The summed E-state index contributed by atoms with van der Waals surface area (Å²) in [6.07, 6.45) is 10.8. The summed E-state index contributed by atoms with van der Waals surface area (Å²) in [5.74, 6) is 1.19. The molecular weight excluding hydrogens is 244 g/mol. The third kappa shape index (κ3) is 3.41. The van der Waals surface area contributed by atoms with Gasteiger partial charge in [0.05, 0.1) is 5.69 Å². The number of unbranched alkanes of at least 4 members (excludes halogenated alkanes) is 1. The van der Waals surface area contributed by atoms with Crippen molar-refractivity contribution in [2.24, 2.45) is 0 Å². The Morgan fingerprint density at radius 3 is 2.50 bits per heavy atom. The van der Waals surface area contributed by atoms with Crippen LogP contribution in [0.5, 0.6) is 0 Å². The van der Waals surface area contributed by atoms with E-state index in [-0.39, 0.29) is 0 Å². The van der Waals surface area contributed by atoms with Crippen LogP contribution in [0.1, 0.15) is 82.9 Å². The number of hydrogen-bond acceptors (Lipinski definition) is 1. The minimum atomic E-state index is 0.561. The average Bonchev–Trinajstić information content (AvgIpc) is 2.87. The first kappa shape index (κ1) is 15.1. The zero-order valence-electron chi connectivity index (χ0n) is 13.4. The molecule has 0 saturated heterocycles. The monoisotopic (exact) mass is 272 g/mol. The van der Waals surface area contributed by atoms with Gasteiger partial charge in [0.1, 0.15) is 5.65 Å². The molecule has 0 aromatic carbocycles. The van der Waals surface area contributed by atoms with Crippen molar-refractivity contribution in [1.82, 2.24) is 9.38 Å². The van der Waals surface area contributed by atoms with Crippen molar-refractivity contribution in [1.29, 1.82) is 0 Å². The maximum atomic E-state index is 4.77. The van der Waals surface area contributed by atoms with Gasteiger partial charge in [0.25, 0.3) is 0 Å². The van der Waals surface area contributed by atoms with Crippen LogP contribution in [0.15, 0.2) is 24.5 Å². The fourth-order valence-electron chi connectivity index (χ4n) is 2.82. The maximum absolute atomic E-state index is 4.77. The molecule has 2 atom stereocenters. The van der Waals surface area contributed by atoms with Crippen LogP contribution in [-0.4, -0.2) is 9.38 Å². The predicted molar refractivity (Wildman–Crippen MR) is 86.5 cm³/mol. The van der Waals surface area contributed by atoms with Crippen molar-refractivity contribution in [2.75, 3.05) is 0 Å². The van der Waals surface area contributed by atoms with Crippen LogP contribution >= 0.6 is 0 Å². The normalized spacial score (nSPS) is 14.6. The maximum Gasteiger partial charge on any atom is 0.136 e. The SMILES string of the molecule is CCCCC(C)c1cn2cc(C(C)CCC)ccc2n1. The molecule has 2 aromatic heterocycles. The minimum Gasteiger partial charge on any atom is -0.307 e. The summed E-state index contributed by atoms with van der Waals surface area (Å²) >= 11 is 0. The Labute approximate surface area is 123 Å². The quantitative estimate of drug-likeness (QED) is 0.647. The first-order chi connectivity index (χ1) is 9.65. The van der Waals surface area contributed by atoms with E-state index < -0.39 is 0 Å². The summed E-state index contributed by atoms with van der Waals surface area (Å²) in [4.78, 5) is 4.77. The van der Waals surface area contributed by atoms with E-state index in [1.54, 1.807) is 0 Å². The lowest BCUT2D eigenvalue weighted by molar-refractivity contribution is 0.614. The molecule has 2 nitrogen and oxygen atoms in total. The topological polar surface area (TPSA) is 17.3 Å². The second-order valence-corrected chi connectivity index (χ2v) is 6.13. The van der Waals surface area contributed by atoms with E-state index in [4.69, 9.17) is 4.98 Å². The highest BCUT2D eigenvalue weighted by molar-refractivity contribution is 5.42. The van der Waals surface area contributed by atoms with Crippen molar-refractivity contribution >= 4 is 5.65 Å². The third-order valence-corrected chi connectivity index (χ3v) is 4.28. The molecule has 2 heterocycles. The highest BCUT2D eigenvalue weighted by atomic mass is 15.0. The molecule has 110 valence electrons. The molecule has 0 aliphatic rings. The number of imidazole rings is 1. The second-order valence-electron chi connectivity index (χ2n) is 6.13. The van der Waals surface area contributed by atoms with E-state index in [1.165, 1.54) is 43.4 Å². The van der Waals surface area contributed by atoms with Gasteiger partial charge < -0.3 is 4.40 Å². The lowest BCUT2D eigenvalue weighted by Crippen LogP contribution is -1.95. The molecule has 0 spiro atoms. The lowest BCUT2D eigenvalue weighted by Gasteiger charge is -2.10. The van der Waals surface area contributed by atoms with Crippen molar-refractivity contribution in [3.8, 4) is 0 Å². The molecule has 0 aliphatic carbocycles. The molecule has 2 heteroatoms. The standard InChI is InChI=1S/C18H28N2/c1-5-7-9-15(4)17-13-20-12-16(14(3)8-6-2)10-11-18(20)19-17/h10-15H,5-9H2,1-4H3. The van der Waals surface area contributed by atoms with E-state index in [0.29, 0.717) is 11.8 Å². The van der Waals surface area contributed by atoms with Crippen molar-refractivity contribution in [2.45, 2.75) is 71.6 Å². The third-order valence-electron chi connectivity index (χ3n) is 4.28. The highest BCUT2D eigenvalue weighted by Crippen LogP contribution is 2.24. The van der Waals surface area contributed by atoms with Gasteiger partial charge in [-0.05, 0) is 36.3 Å². The van der Waals surface area contributed by atoms with Crippen LogP contribution in [0.25, 0.3) is 5.65 Å². The summed E-state index contributed by atoms with van der Waals surface area (Å²) in [6.45, 7) is 9.10. The molecule has 2 aromatic rings. The average molecular weight is 272 g/mol. The highest BCUT2D eigenvalue weighted by Gasteiger charge is 2.11. The van der Waals surface area contributed by atoms with Crippen LogP contribution in [0.3, 0.4) is 0 Å². The Morgan fingerprint density at radius 1 is 1.00 bits per heavy atom. The van der Waals surface area contributed by atoms with Crippen LogP contribution in [-0.2, 0) is 0 Å². The van der Waals surface area contributed by atoms with Gasteiger partial charge in [-0.25, -0.2) is 4.98 Å². The minimum absolute atomic E-state index is 0.561. The first-order valence-corrected chi connectivity index (χ1v) is 8.14. The molecule has 0 amide bonds. The van der Waals surface area contributed by atoms with Gasteiger partial charge in [0.15, 0.2) is 0 Å². The van der Waals surface area contributed by atoms with E-state index in [0.717, 1.165) is 5.65 Å². The molecule has 0 radical (unpaired) electrons. The first-order valence-electron chi connectivity index (χ1n) is 8.14. The zero-order chi connectivity index (χ0) is 14.5. The van der Waals surface area contributed by atoms with Gasteiger partial charge in [-0.1, -0.05) is 53.0 Å². The molecule has 0 bridgehead atoms. The number of nitrogens with zero attached hydrogens (tertiary/aromatic N) is 2. The van der Waals surface area contributed by atoms with Crippen molar-refractivity contribution in [3.63, 3.8) is 0 Å². The lowest BCUT2D eigenvalue weighted by atomic mass is 9.98. The molecule has 0 aliphatic heterocycles.